The van der Waals surface area contributed by atoms with E-state index in [9.17, 15) is 4.79 Å². The van der Waals surface area contributed by atoms with Gasteiger partial charge in [-0.3, -0.25) is 9.69 Å². The molecule has 0 unspecified atom stereocenters. The van der Waals surface area contributed by atoms with Gasteiger partial charge in [0.05, 0.1) is 24.4 Å². The van der Waals surface area contributed by atoms with Crippen molar-refractivity contribution >= 4 is 39.6 Å². The fraction of sp³-hybridized carbons (Fsp3) is 0.273. The van der Waals surface area contributed by atoms with Crippen molar-refractivity contribution in [2.45, 2.75) is 13.8 Å². The molecule has 0 aliphatic carbocycles. The Hall–Kier alpha value is -5.18. The molecular weight excluding hydrogens is 556 g/mol. The maximum absolute atomic E-state index is 12.8. The van der Waals surface area contributed by atoms with Crippen molar-refractivity contribution in [1.82, 2.24) is 29.2 Å². The quantitative estimate of drug-likeness (QED) is 0.248. The second kappa shape index (κ2) is 13.0. The van der Waals surface area contributed by atoms with E-state index in [-0.39, 0.29) is 0 Å². The van der Waals surface area contributed by atoms with Crippen LogP contribution >= 0.6 is 0 Å². The number of carbonyl (C=O) groups excluding carboxylic acids is 1. The number of pyridine rings is 1. The third-order valence-electron chi connectivity index (χ3n) is 7.42. The van der Waals surface area contributed by atoms with E-state index in [0.29, 0.717) is 41.7 Å². The summed E-state index contributed by atoms with van der Waals surface area (Å²) in [5, 5.41) is 7.02. The Labute approximate surface area is 255 Å². The fourth-order valence-electron chi connectivity index (χ4n) is 5.01. The molecule has 4 heterocycles. The normalized spacial score (nSPS) is 13.8. The summed E-state index contributed by atoms with van der Waals surface area (Å²) < 4.78 is 13.9. The molecule has 224 valence electrons. The average Bonchev–Trinajstić information content (AvgIpc) is 3.48. The maximum atomic E-state index is 12.8. The van der Waals surface area contributed by atoms with Crippen LogP contribution in [0.4, 0.5) is 17.2 Å². The molecule has 1 amide bonds. The number of amides is 1. The van der Waals surface area contributed by atoms with Crippen LogP contribution in [-0.4, -0.2) is 81.4 Å². The molecule has 3 aromatic heterocycles. The molecule has 11 heteroatoms. The number of imidazole rings is 1. The Kier molecular flexibility index (Phi) is 8.54. The molecule has 2 aromatic carbocycles. The first-order valence-electron chi connectivity index (χ1n) is 14.6. The first kappa shape index (κ1) is 28.9. The SMILES string of the molecule is CCOc1cc2ncnc(Nc3ccc(Oc4ccn5ccnc5c4)c(C)c3)c2cc1NC(=O)C#CCN1CCN(C)CC1. The number of carbonyl (C=O) groups is 1. The number of benzene rings is 2. The zero-order valence-electron chi connectivity index (χ0n) is 25.0. The van der Waals surface area contributed by atoms with Gasteiger partial charge in [-0.25, -0.2) is 15.0 Å². The Bertz CT molecular complexity index is 1870. The zero-order valence-corrected chi connectivity index (χ0v) is 25.0. The second-order valence-electron chi connectivity index (χ2n) is 10.6. The van der Waals surface area contributed by atoms with Gasteiger partial charge in [-0.15, -0.1) is 0 Å². The van der Waals surface area contributed by atoms with Gasteiger partial charge in [-0.2, -0.15) is 0 Å². The van der Waals surface area contributed by atoms with Crippen LogP contribution < -0.4 is 20.1 Å². The standard InChI is InChI=1S/C33H34N8O3/c1-4-43-30-21-27-26(20-28(30)38-32(42)6-5-11-40-16-14-39(3)15-17-40)33(36-22-35-27)37-24-7-8-29(23(2)18-24)44-25-9-12-41-13-10-34-31(41)19-25/h7-10,12-13,18-22H,4,11,14-17H2,1-3H3,(H,38,42)(H,35,36,37). The molecule has 11 nitrogen and oxygen atoms in total. The first-order chi connectivity index (χ1) is 21.4. The highest BCUT2D eigenvalue weighted by atomic mass is 16.5. The number of fused-ring (bicyclic) bond motifs is 2. The number of likely N-dealkylation sites (N-methyl/N-ethyl adjacent to an activating group) is 1. The largest absolute Gasteiger partial charge is 0.492 e. The lowest BCUT2D eigenvalue weighted by molar-refractivity contribution is -0.111. The number of rotatable bonds is 8. The summed E-state index contributed by atoms with van der Waals surface area (Å²) >= 11 is 0. The van der Waals surface area contributed by atoms with E-state index in [2.05, 4.69) is 54.3 Å². The zero-order chi connectivity index (χ0) is 30.5. The van der Waals surface area contributed by atoms with Gasteiger partial charge in [0.1, 0.15) is 35.0 Å². The summed E-state index contributed by atoms with van der Waals surface area (Å²) in [7, 11) is 2.11. The highest BCUT2D eigenvalue weighted by Gasteiger charge is 2.15. The highest BCUT2D eigenvalue weighted by molar-refractivity contribution is 6.06. The number of nitrogens with one attached hydrogen (secondary N) is 2. The summed E-state index contributed by atoms with van der Waals surface area (Å²) in [4.78, 5) is 30.6. The average molecular weight is 591 g/mol. The van der Waals surface area contributed by atoms with Gasteiger partial charge in [0.25, 0.3) is 5.91 Å². The Morgan fingerprint density at radius 1 is 1.00 bits per heavy atom. The van der Waals surface area contributed by atoms with Gasteiger partial charge in [0.2, 0.25) is 0 Å². The lowest BCUT2D eigenvalue weighted by Crippen LogP contribution is -2.44. The van der Waals surface area contributed by atoms with Crippen LogP contribution in [0, 0.1) is 18.8 Å². The summed E-state index contributed by atoms with van der Waals surface area (Å²) in [5.41, 5.74) is 3.77. The van der Waals surface area contributed by atoms with E-state index in [1.54, 1.807) is 12.3 Å². The molecule has 0 saturated carbocycles. The van der Waals surface area contributed by atoms with Crippen LogP contribution in [0.2, 0.25) is 0 Å². The smallest absolute Gasteiger partial charge is 0.300 e. The summed E-state index contributed by atoms with van der Waals surface area (Å²) in [6, 6.07) is 13.2. The number of aryl methyl sites for hydroxylation is 1. The topological polar surface area (TPSA) is 109 Å². The molecule has 0 atom stereocenters. The van der Waals surface area contributed by atoms with Crippen molar-refractivity contribution in [2.75, 3.05) is 57.0 Å². The van der Waals surface area contributed by atoms with Gasteiger partial charge in [-0.05, 0) is 62.7 Å². The molecule has 0 spiro atoms. The molecule has 0 radical (unpaired) electrons. The predicted octanol–water partition coefficient (Wildman–Crippen LogP) is 4.71. The van der Waals surface area contributed by atoms with Crippen LogP contribution in [0.25, 0.3) is 16.6 Å². The van der Waals surface area contributed by atoms with Gasteiger partial charge in [0, 0.05) is 68.0 Å². The fourth-order valence-corrected chi connectivity index (χ4v) is 5.01. The minimum absolute atomic E-state index is 0.399. The van der Waals surface area contributed by atoms with E-state index < -0.39 is 5.91 Å². The van der Waals surface area contributed by atoms with Crippen molar-refractivity contribution in [2.24, 2.45) is 0 Å². The molecule has 2 N–H and O–H groups in total. The number of hydrogen-bond acceptors (Lipinski definition) is 9. The molecular formula is C33H34N8O3. The number of aromatic nitrogens is 4. The van der Waals surface area contributed by atoms with Crippen LogP contribution in [-0.2, 0) is 4.79 Å². The molecule has 1 saturated heterocycles. The monoisotopic (exact) mass is 590 g/mol. The van der Waals surface area contributed by atoms with Crippen LogP contribution in [0.5, 0.6) is 17.2 Å². The Morgan fingerprint density at radius 2 is 1.86 bits per heavy atom. The van der Waals surface area contributed by atoms with Crippen molar-refractivity contribution in [1.29, 1.82) is 0 Å². The molecule has 44 heavy (non-hydrogen) atoms. The maximum Gasteiger partial charge on any atom is 0.300 e. The second-order valence-corrected chi connectivity index (χ2v) is 10.6. The third-order valence-corrected chi connectivity index (χ3v) is 7.42. The Morgan fingerprint density at radius 3 is 2.68 bits per heavy atom. The van der Waals surface area contributed by atoms with E-state index in [1.807, 2.05) is 67.0 Å². The third kappa shape index (κ3) is 6.72. The highest BCUT2D eigenvalue weighted by Crippen LogP contribution is 2.34. The minimum Gasteiger partial charge on any atom is -0.492 e. The number of anilines is 3. The van der Waals surface area contributed by atoms with Crippen molar-refractivity contribution in [3.8, 4) is 29.1 Å². The van der Waals surface area contributed by atoms with Crippen molar-refractivity contribution < 1.29 is 14.3 Å². The number of hydrogen-bond donors (Lipinski definition) is 2. The summed E-state index contributed by atoms with van der Waals surface area (Å²) in [5.74, 6) is 7.88. The van der Waals surface area contributed by atoms with Gasteiger partial charge in [0.15, 0.2) is 0 Å². The molecule has 6 rings (SSSR count). The molecule has 1 aliphatic heterocycles. The Balaban J connectivity index is 1.19. The van der Waals surface area contributed by atoms with Crippen LogP contribution in [0.15, 0.2) is 67.4 Å². The molecule has 5 aromatic rings. The predicted molar refractivity (Wildman–Crippen MR) is 171 cm³/mol. The number of nitrogens with zero attached hydrogens (tertiary/aromatic N) is 6. The lowest BCUT2D eigenvalue weighted by atomic mass is 10.1. The van der Waals surface area contributed by atoms with E-state index >= 15 is 0 Å². The minimum atomic E-state index is -0.399. The molecule has 1 fully saturated rings. The summed E-state index contributed by atoms with van der Waals surface area (Å²) in [6.45, 7) is 8.76. The van der Waals surface area contributed by atoms with Crippen LogP contribution in [0.3, 0.4) is 0 Å². The number of ether oxygens (including phenoxy) is 2. The summed E-state index contributed by atoms with van der Waals surface area (Å²) in [6.07, 6.45) is 7.05. The molecule has 1 aliphatic rings. The first-order valence-corrected chi connectivity index (χ1v) is 14.6. The van der Waals surface area contributed by atoms with Gasteiger partial charge < -0.3 is 29.4 Å². The van der Waals surface area contributed by atoms with Gasteiger partial charge >= 0.3 is 0 Å². The number of piperazine rings is 1. The molecule has 0 bridgehead atoms. The van der Waals surface area contributed by atoms with E-state index in [0.717, 1.165) is 54.2 Å². The van der Waals surface area contributed by atoms with E-state index in [4.69, 9.17) is 9.47 Å². The van der Waals surface area contributed by atoms with Gasteiger partial charge in [-0.1, -0.05) is 5.92 Å². The van der Waals surface area contributed by atoms with E-state index in [1.165, 1.54) is 6.33 Å². The van der Waals surface area contributed by atoms with Crippen LogP contribution in [0.1, 0.15) is 12.5 Å². The lowest BCUT2D eigenvalue weighted by Gasteiger charge is -2.30. The van der Waals surface area contributed by atoms with Crippen molar-refractivity contribution in [3.05, 3.63) is 72.9 Å². The van der Waals surface area contributed by atoms with Crippen molar-refractivity contribution in [3.63, 3.8) is 0 Å².